The molecular weight excluding hydrogens is 206 g/mol. The zero-order valence-electron chi connectivity index (χ0n) is 10.0. The highest BCUT2D eigenvalue weighted by Gasteiger charge is 2.26. The summed E-state index contributed by atoms with van der Waals surface area (Å²) >= 11 is 0. The predicted molar refractivity (Wildman–Crippen MR) is 61.8 cm³/mol. The molecule has 1 aliphatic heterocycles. The van der Waals surface area contributed by atoms with Crippen LogP contribution in [-0.4, -0.2) is 36.0 Å². The minimum Gasteiger partial charge on any atom is -0.351 e. The molecule has 92 valence electrons. The number of carbonyl (C=O) groups is 2. The van der Waals surface area contributed by atoms with Crippen LogP contribution in [0.1, 0.15) is 33.1 Å². The van der Waals surface area contributed by atoms with E-state index >= 15 is 0 Å². The Bertz CT molecular complexity index is 266. The number of carbonyl (C=O) groups excluding carboxylic acids is 2. The fourth-order valence-corrected chi connectivity index (χ4v) is 2.33. The Kier molecular flexibility index (Phi) is 4.73. The maximum absolute atomic E-state index is 11.2. The summed E-state index contributed by atoms with van der Waals surface area (Å²) in [5.74, 6) is 0.323. The largest absolute Gasteiger partial charge is 0.351 e. The molecule has 3 amide bonds. The van der Waals surface area contributed by atoms with Crippen molar-refractivity contribution in [3.63, 3.8) is 0 Å². The Hall–Kier alpha value is -1.10. The van der Waals surface area contributed by atoms with Gasteiger partial charge in [-0.2, -0.15) is 0 Å². The van der Waals surface area contributed by atoms with Crippen molar-refractivity contribution in [2.24, 2.45) is 11.7 Å². The van der Waals surface area contributed by atoms with Crippen LogP contribution in [0.3, 0.4) is 0 Å². The SMILES string of the molecule is CC(C)C1CCCN1CCC(=O)NC(N)=O. The lowest BCUT2D eigenvalue weighted by molar-refractivity contribution is -0.120. The first-order valence-corrected chi connectivity index (χ1v) is 5.84. The number of hydrogen-bond acceptors (Lipinski definition) is 3. The molecule has 5 heteroatoms. The van der Waals surface area contributed by atoms with Crippen LogP contribution in [-0.2, 0) is 4.79 Å². The molecule has 0 aromatic heterocycles. The molecule has 0 aromatic carbocycles. The number of likely N-dealkylation sites (tertiary alicyclic amines) is 1. The van der Waals surface area contributed by atoms with Gasteiger partial charge in [0.15, 0.2) is 0 Å². The van der Waals surface area contributed by atoms with E-state index in [2.05, 4.69) is 24.1 Å². The quantitative estimate of drug-likeness (QED) is 0.742. The summed E-state index contributed by atoms with van der Waals surface area (Å²) in [6.07, 6.45) is 2.74. The van der Waals surface area contributed by atoms with Crippen molar-refractivity contribution in [2.45, 2.75) is 39.2 Å². The van der Waals surface area contributed by atoms with Crippen molar-refractivity contribution < 1.29 is 9.59 Å². The minimum atomic E-state index is -0.771. The van der Waals surface area contributed by atoms with Crippen molar-refractivity contribution >= 4 is 11.9 Å². The molecule has 1 aliphatic rings. The molecule has 0 spiro atoms. The van der Waals surface area contributed by atoms with Gasteiger partial charge in [-0.05, 0) is 25.3 Å². The highest BCUT2D eigenvalue weighted by Crippen LogP contribution is 2.23. The van der Waals surface area contributed by atoms with E-state index in [1.165, 1.54) is 12.8 Å². The molecule has 3 N–H and O–H groups in total. The molecule has 16 heavy (non-hydrogen) atoms. The highest BCUT2D eigenvalue weighted by atomic mass is 16.2. The summed E-state index contributed by atoms with van der Waals surface area (Å²) in [6.45, 7) is 6.16. The van der Waals surface area contributed by atoms with E-state index in [0.717, 1.165) is 6.54 Å². The van der Waals surface area contributed by atoms with Gasteiger partial charge in [0.2, 0.25) is 5.91 Å². The summed E-state index contributed by atoms with van der Waals surface area (Å²) < 4.78 is 0. The standard InChI is InChI=1S/C11H21N3O2/c1-8(2)9-4-3-6-14(9)7-5-10(15)13-11(12)16/h8-9H,3-7H2,1-2H3,(H3,12,13,15,16). The van der Waals surface area contributed by atoms with E-state index in [1.54, 1.807) is 0 Å². The molecule has 1 unspecified atom stereocenters. The summed E-state index contributed by atoms with van der Waals surface area (Å²) in [7, 11) is 0. The summed E-state index contributed by atoms with van der Waals surface area (Å²) in [6, 6.07) is -0.201. The molecule has 0 aromatic rings. The Morgan fingerprint density at radius 1 is 1.50 bits per heavy atom. The fraction of sp³-hybridized carbons (Fsp3) is 0.818. The molecule has 1 saturated heterocycles. The second-order valence-corrected chi connectivity index (χ2v) is 4.65. The normalized spacial score (nSPS) is 21.3. The van der Waals surface area contributed by atoms with Crippen molar-refractivity contribution in [1.82, 2.24) is 10.2 Å². The van der Waals surface area contributed by atoms with Crippen LogP contribution in [0.25, 0.3) is 0 Å². The maximum Gasteiger partial charge on any atom is 0.318 e. The number of nitrogens with one attached hydrogen (secondary N) is 1. The Morgan fingerprint density at radius 2 is 2.19 bits per heavy atom. The molecule has 1 atom stereocenters. The monoisotopic (exact) mass is 227 g/mol. The fourth-order valence-electron chi connectivity index (χ4n) is 2.33. The Morgan fingerprint density at radius 3 is 2.75 bits per heavy atom. The van der Waals surface area contributed by atoms with Gasteiger partial charge < -0.3 is 5.73 Å². The molecule has 0 radical (unpaired) electrons. The van der Waals surface area contributed by atoms with E-state index < -0.39 is 6.03 Å². The van der Waals surface area contributed by atoms with Crippen LogP contribution in [0.2, 0.25) is 0 Å². The average Bonchev–Trinajstić information content (AvgIpc) is 2.61. The van der Waals surface area contributed by atoms with Crippen LogP contribution in [0.5, 0.6) is 0 Å². The summed E-state index contributed by atoms with van der Waals surface area (Å²) in [5, 5.41) is 2.08. The third-order valence-electron chi connectivity index (χ3n) is 3.07. The van der Waals surface area contributed by atoms with E-state index in [-0.39, 0.29) is 5.91 Å². The van der Waals surface area contributed by atoms with Crippen LogP contribution < -0.4 is 11.1 Å². The zero-order chi connectivity index (χ0) is 12.1. The number of hydrogen-bond donors (Lipinski definition) is 2. The number of amides is 3. The third-order valence-corrected chi connectivity index (χ3v) is 3.07. The predicted octanol–water partition coefficient (Wildman–Crippen LogP) is 0.692. The number of primary amides is 1. The average molecular weight is 227 g/mol. The molecule has 0 bridgehead atoms. The molecule has 1 rings (SSSR count). The van der Waals surface area contributed by atoms with E-state index in [4.69, 9.17) is 5.73 Å². The first-order valence-electron chi connectivity index (χ1n) is 5.84. The van der Waals surface area contributed by atoms with Gasteiger partial charge in [0.1, 0.15) is 0 Å². The number of rotatable bonds is 4. The van der Waals surface area contributed by atoms with Gasteiger partial charge in [-0.15, -0.1) is 0 Å². The first kappa shape index (κ1) is 13.0. The van der Waals surface area contributed by atoms with Crippen molar-refractivity contribution in [2.75, 3.05) is 13.1 Å². The zero-order valence-corrected chi connectivity index (χ0v) is 10.0. The van der Waals surface area contributed by atoms with Crippen LogP contribution in [0, 0.1) is 5.92 Å². The van der Waals surface area contributed by atoms with E-state index in [1.807, 2.05) is 0 Å². The van der Waals surface area contributed by atoms with Gasteiger partial charge >= 0.3 is 6.03 Å². The van der Waals surface area contributed by atoms with Gasteiger partial charge in [-0.25, -0.2) is 4.79 Å². The molecule has 0 aliphatic carbocycles. The lowest BCUT2D eigenvalue weighted by Gasteiger charge is -2.27. The maximum atomic E-state index is 11.2. The second kappa shape index (κ2) is 5.84. The molecule has 0 saturated carbocycles. The number of urea groups is 1. The number of imide groups is 1. The van der Waals surface area contributed by atoms with Crippen molar-refractivity contribution in [1.29, 1.82) is 0 Å². The van der Waals surface area contributed by atoms with Crippen molar-refractivity contribution in [3.05, 3.63) is 0 Å². The Balaban J connectivity index is 2.31. The van der Waals surface area contributed by atoms with Gasteiger partial charge in [0.25, 0.3) is 0 Å². The number of nitrogens with zero attached hydrogens (tertiary/aromatic N) is 1. The van der Waals surface area contributed by atoms with E-state index in [9.17, 15) is 9.59 Å². The topological polar surface area (TPSA) is 75.4 Å². The van der Waals surface area contributed by atoms with Crippen LogP contribution in [0.4, 0.5) is 4.79 Å². The lowest BCUT2D eigenvalue weighted by Crippen LogP contribution is -2.39. The van der Waals surface area contributed by atoms with Gasteiger partial charge in [0, 0.05) is 19.0 Å². The van der Waals surface area contributed by atoms with Gasteiger partial charge in [-0.1, -0.05) is 13.8 Å². The Labute approximate surface area is 96.4 Å². The first-order chi connectivity index (χ1) is 7.50. The number of nitrogens with two attached hydrogens (primary N) is 1. The third kappa shape index (κ3) is 3.81. The lowest BCUT2D eigenvalue weighted by atomic mass is 10.0. The molecule has 5 nitrogen and oxygen atoms in total. The van der Waals surface area contributed by atoms with Crippen LogP contribution in [0.15, 0.2) is 0 Å². The van der Waals surface area contributed by atoms with Crippen molar-refractivity contribution in [3.8, 4) is 0 Å². The smallest absolute Gasteiger partial charge is 0.318 e. The van der Waals surface area contributed by atoms with E-state index in [0.29, 0.717) is 24.9 Å². The minimum absolute atomic E-state index is 0.290. The highest BCUT2D eigenvalue weighted by molar-refractivity contribution is 5.93. The molecule has 1 fully saturated rings. The molecule has 1 heterocycles. The summed E-state index contributed by atoms with van der Waals surface area (Å²) in [5.41, 5.74) is 4.87. The van der Waals surface area contributed by atoms with Gasteiger partial charge in [0.05, 0.1) is 0 Å². The second-order valence-electron chi connectivity index (χ2n) is 4.65. The molecular formula is C11H21N3O2. The van der Waals surface area contributed by atoms with Gasteiger partial charge in [-0.3, -0.25) is 15.0 Å². The van der Waals surface area contributed by atoms with Crippen LogP contribution >= 0.6 is 0 Å². The summed E-state index contributed by atoms with van der Waals surface area (Å²) in [4.78, 5) is 24.0.